The van der Waals surface area contributed by atoms with Gasteiger partial charge in [0, 0.05) is 27.7 Å². The van der Waals surface area contributed by atoms with Crippen LogP contribution in [0.15, 0.2) is 34.5 Å². The first kappa shape index (κ1) is 13.6. The Morgan fingerprint density at radius 3 is 3.10 bits per heavy atom. The lowest BCUT2D eigenvalue weighted by molar-refractivity contribution is 0.507. The molecule has 0 fully saturated rings. The molecule has 20 heavy (non-hydrogen) atoms. The zero-order valence-electron chi connectivity index (χ0n) is 10.7. The lowest BCUT2D eigenvalue weighted by atomic mass is 10.0. The summed E-state index contributed by atoms with van der Waals surface area (Å²) in [6.07, 6.45) is 0.998. The molecule has 0 aliphatic carbocycles. The average molecular weight is 304 g/mol. The van der Waals surface area contributed by atoms with Gasteiger partial charge in [0.15, 0.2) is 0 Å². The standard InChI is InChI=1S/C15H13FN2S2/c16-11-1-2-15-13(6-11)14(3-4-19-15)18-8-12-5-10(7-17)9-20-12/h1-2,5-6,9,14,18H,3-4,8H2. The highest BCUT2D eigenvalue weighted by atomic mass is 32.2. The SMILES string of the molecule is N#Cc1csc(CNC2CCSc3ccc(F)cc32)c1. The van der Waals surface area contributed by atoms with Crippen LogP contribution >= 0.6 is 23.1 Å². The maximum Gasteiger partial charge on any atom is 0.123 e. The van der Waals surface area contributed by atoms with Crippen LogP contribution in [0.2, 0.25) is 0 Å². The lowest BCUT2D eigenvalue weighted by Gasteiger charge is -2.26. The van der Waals surface area contributed by atoms with Crippen LogP contribution in [0.3, 0.4) is 0 Å². The third-order valence-corrected chi connectivity index (χ3v) is 5.38. The van der Waals surface area contributed by atoms with Crippen molar-refractivity contribution in [2.24, 2.45) is 0 Å². The van der Waals surface area contributed by atoms with Crippen LogP contribution in [0.1, 0.15) is 28.5 Å². The van der Waals surface area contributed by atoms with Gasteiger partial charge >= 0.3 is 0 Å². The molecule has 0 amide bonds. The van der Waals surface area contributed by atoms with Crippen molar-refractivity contribution >= 4 is 23.1 Å². The number of hydrogen-bond acceptors (Lipinski definition) is 4. The molecule has 0 bridgehead atoms. The van der Waals surface area contributed by atoms with E-state index in [9.17, 15) is 4.39 Å². The zero-order valence-corrected chi connectivity index (χ0v) is 12.4. The van der Waals surface area contributed by atoms with Gasteiger partial charge < -0.3 is 5.32 Å². The second kappa shape index (κ2) is 5.96. The summed E-state index contributed by atoms with van der Waals surface area (Å²) < 4.78 is 13.4. The molecule has 1 atom stereocenters. The third kappa shape index (κ3) is 2.88. The number of thioether (sulfide) groups is 1. The number of fused-ring (bicyclic) bond motifs is 1. The minimum atomic E-state index is -0.180. The predicted molar refractivity (Wildman–Crippen MR) is 80.4 cm³/mol. The van der Waals surface area contributed by atoms with Crippen molar-refractivity contribution in [1.29, 1.82) is 5.26 Å². The fourth-order valence-electron chi connectivity index (χ4n) is 2.33. The molecule has 1 aromatic carbocycles. The summed E-state index contributed by atoms with van der Waals surface area (Å²) in [5, 5.41) is 14.2. The molecule has 2 nitrogen and oxygen atoms in total. The molecule has 1 aliphatic heterocycles. The number of nitriles is 1. The fourth-order valence-corrected chi connectivity index (χ4v) is 4.20. The van der Waals surface area contributed by atoms with Gasteiger partial charge in [-0.2, -0.15) is 5.26 Å². The highest BCUT2D eigenvalue weighted by Gasteiger charge is 2.20. The lowest BCUT2D eigenvalue weighted by Crippen LogP contribution is -2.24. The largest absolute Gasteiger partial charge is 0.305 e. The Labute approximate surface area is 125 Å². The summed E-state index contributed by atoms with van der Waals surface area (Å²) in [6.45, 7) is 0.720. The van der Waals surface area contributed by atoms with Crippen molar-refractivity contribution in [2.75, 3.05) is 5.75 Å². The van der Waals surface area contributed by atoms with E-state index >= 15 is 0 Å². The van der Waals surface area contributed by atoms with Crippen LogP contribution in [0.25, 0.3) is 0 Å². The van der Waals surface area contributed by atoms with E-state index in [0.29, 0.717) is 5.56 Å². The Balaban J connectivity index is 1.73. The number of nitrogens with zero attached hydrogens (tertiary/aromatic N) is 1. The second-order valence-corrected chi connectivity index (χ2v) is 6.80. The van der Waals surface area contributed by atoms with Gasteiger partial charge in [0.05, 0.1) is 5.56 Å². The maximum atomic E-state index is 13.4. The zero-order chi connectivity index (χ0) is 13.9. The molecule has 0 radical (unpaired) electrons. The van der Waals surface area contributed by atoms with E-state index in [2.05, 4.69) is 11.4 Å². The van der Waals surface area contributed by atoms with E-state index < -0.39 is 0 Å². The van der Waals surface area contributed by atoms with Crippen LogP contribution in [-0.4, -0.2) is 5.75 Å². The van der Waals surface area contributed by atoms with E-state index in [4.69, 9.17) is 5.26 Å². The quantitative estimate of drug-likeness (QED) is 0.928. The molecule has 2 aromatic rings. The summed E-state index contributed by atoms with van der Waals surface area (Å²) in [6, 6.07) is 9.25. The molecule has 1 aliphatic rings. The molecule has 5 heteroatoms. The van der Waals surface area contributed by atoms with Gasteiger partial charge in [-0.05, 0) is 42.0 Å². The van der Waals surface area contributed by atoms with Crippen molar-refractivity contribution in [3.63, 3.8) is 0 Å². The summed E-state index contributed by atoms with van der Waals surface area (Å²) in [7, 11) is 0. The summed E-state index contributed by atoms with van der Waals surface area (Å²) in [4.78, 5) is 2.30. The topological polar surface area (TPSA) is 35.8 Å². The van der Waals surface area contributed by atoms with Crippen LogP contribution in [0.4, 0.5) is 4.39 Å². The average Bonchev–Trinajstić information content (AvgIpc) is 2.93. The third-order valence-electron chi connectivity index (χ3n) is 3.32. The number of nitrogens with one attached hydrogen (secondary N) is 1. The van der Waals surface area contributed by atoms with Crippen LogP contribution < -0.4 is 5.32 Å². The molecule has 1 N–H and O–H groups in total. The minimum Gasteiger partial charge on any atom is -0.305 e. The van der Waals surface area contributed by atoms with Crippen molar-refractivity contribution < 1.29 is 4.39 Å². The van der Waals surface area contributed by atoms with Gasteiger partial charge in [-0.25, -0.2) is 4.39 Å². The van der Waals surface area contributed by atoms with Gasteiger partial charge in [0.1, 0.15) is 11.9 Å². The normalized spacial score (nSPS) is 17.5. The first-order valence-corrected chi connectivity index (χ1v) is 8.26. The van der Waals surface area contributed by atoms with Crippen LogP contribution in [0, 0.1) is 17.1 Å². The van der Waals surface area contributed by atoms with E-state index in [0.717, 1.165) is 29.2 Å². The van der Waals surface area contributed by atoms with Gasteiger partial charge in [0.25, 0.3) is 0 Å². The molecule has 3 rings (SSSR count). The smallest absolute Gasteiger partial charge is 0.123 e. The maximum absolute atomic E-state index is 13.4. The summed E-state index contributed by atoms with van der Waals surface area (Å²) >= 11 is 3.37. The highest BCUT2D eigenvalue weighted by Crippen LogP contribution is 2.36. The Morgan fingerprint density at radius 2 is 2.30 bits per heavy atom. The van der Waals surface area contributed by atoms with Gasteiger partial charge in [-0.1, -0.05) is 0 Å². The van der Waals surface area contributed by atoms with Crippen molar-refractivity contribution in [3.05, 3.63) is 51.5 Å². The van der Waals surface area contributed by atoms with Crippen LogP contribution in [0.5, 0.6) is 0 Å². The van der Waals surface area contributed by atoms with Crippen molar-refractivity contribution in [3.8, 4) is 6.07 Å². The molecule has 1 aromatic heterocycles. The molecule has 102 valence electrons. The highest BCUT2D eigenvalue weighted by molar-refractivity contribution is 7.99. The first-order valence-electron chi connectivity index (χ1n) is 6.39. The Bertz CT molecular complexity index is 660. The minimum absolute atomic E-state index is 0.180. The molecule has 1 unspecified atom stereocenters. The molecular formula is C15H13FN2S2. The van der Waals surface area contributed by atoms with E-state index in [1.807, 2.05) is 17.5 Å². The molecule has 0 saturated heterocycles. The van der Waals surface area contributed by atoms with E-state index in [1.165, 1.54) is 11.0 Å². The first-order chi connectivity index (χ1) is 9.76. The van der Waals surface area contributed by atoms with Crippen LogP contribution in [-0.2, 0) is 6.54 Å². The number of thiophene rings is 1. The predicted octanol–water partition coefficient (Wildman–Crippen LogP) is 4.09. The number of hydrogen-bond donors (Lipinski definition) is 1. The molecule has 0 saturated carbocycles. The molecule has 2 heterocycles. The number of benzene rings is 1. The summed E-state index contributed by atoms with van der Waals surface area (Å²) in [5.74, 6) is 0.866. The summed E-state index contributed by atoms with van der Waals surface area (Å²) in [5.41, 5.74) is 1.76. The van der Waals surface area contributed by atoms with Crippen molar-refractivity contribution in [1.82, 2.24) is 5.32 Å². The molecule has 0 spiro atoms. The number of rotatable bonds is 3. The monoisotopic (exact) mass is 304 g/mol. The second-order valence-electron chi connectivity index (χ2n) is 4.67. The van der Waals surface area contributed by atoms with Crippen molar-refractivity contribution in [2.45, 2.75) is 23.9 Å². The Morgan fingerprint density at radius 1 is 1.40 bits per heavy atom. The van der Waals surface area contributed by atoms with Gasteiger partial charge in [-0.3, -0.25) is 0 Å². The molecular weight excluding hydrogens is 291 g/mol. The fraction of sp³-hybridized carbons (Fsp3) is 0.267. The van der Waals surface area contributed by atoms with E-state index in [-0.39, 0.29) is 11.9 Å². The van der Waals surface area contributed by atoms with E-state index in [1.54, 1.807) is 29.2 Å². The van der Waals surface area contributed by atoms with Gasteiger partial charge in [0.2, 0.25) is 0 Å². The Kier molecular flexibility index (Phi) is 4.06. The Hall–Kier alpha value is -1.35. The number of halogens is 1. The van der Waals surface area contributed by atoms with Gasteiger partial charge in [-0.15, -0.1) is 23.1 Å².